The Balaban J connectivity index is 0. The summed E-state index contributed by atoms with van der Waals surface area (Å²) in [5.74, 6) is -1.22. The maximum atomic E-state index is 9.40. The molecule has 0 fully saturated rings. The molecule has 0 rings (SSSR count). The van der Waals surface area contributed by atoms with Crippen LogP contribution in [0.15, 0.2) is 12.2 Å². The number of quaternary nitrogens is 1. The van der Waals surface area contributed by atoms with Gasteiger partial charge in [0.25, 0.3) is 0 Å². The number of aliphatic carboxylic acids is 1. The number of unbranched alkanes of at least 4 members (excludes halogenated alkanes) is 12. The Morgan fingerprint density at radius 3 is 1.66 bits per heavy atom. The van der Waals surface area contributed by atoms with Crippen molar-refractivity contribution in [1.82, 2.24) is 0 Å². The van der Waals surface area contributed by atoms with Crippen molar-refractivity contribution < 1.29 is 25.1 Å². The second-order valence-corrected chi connectivity index (χ2v) is 8.13. The van der Waals surface area contributed by atoms with E-state index in [1.165, 1.54) is 90.5 Å². The van der Waals surface area contributed by atoms with Gasteiger partial charge in [-0.2, -0.15) is 10.4 Å². The van der Waals surface area contributed by atoms with Gasteiger partial charge in [0.2, 0.25) is 0 Å². The van der Waals surface area contributed by atoms with Crippen LogP contribution in [0.25, 0.3) is 0 Å². The van der Waals surface area contributed by atoms with Crippen molar-refractivity contribution in [3.8, 4) is 0 Å². The molecule has 6 nitrogen and oxygen atoms in total. The van der Waals surface area contributed by atoms with Gasteiger partial charge in [-0.3, -0.25) is 0 Å². The number of hydrogen-bond acceptors (Lipinski definition) is 5. The topological polar surface area (TPSA) is 107 Å². The predicted molar refractivity (Wildman–Crippen MR) is 117 cm³/mol. The maximum Gasteiger partial charge on any atom is 0.149 e. The lowest BCUT2D eigenvalue weighted by Crippen LogP contribution is -2.44. The second-order valence-electron chi connectivity index (χ2n) is 8.13. The molecule has 0 saturated carbocycles. The molecule has 0 bridgehead atoms. The summed E-state index contributed by atoms with van der Waals surface area (Å²) in [6.45, 7) is 3.77. The van der Waals surface area contributed by atoms with Gasteiger partial charge in [0, 0.05) is 13.0 Å². The molecule has 0 aromatic carbocycles. The Morgan fingerprint density at radius 2 is 1.28 bits per heavy atom. The van der Waals surface area contributed by atoms with Crippen LogP contribution < -0.4 is 10.8 Å². The summed E-state index contributed by atoms with van der Waals surface area (Å²) < 4.78 is 0. The fourth-order valence-corrected chi connectivity index (χ4v) is 2.93. The molecule has 1 unspecified atom stereocenters. The van der Waals surface area contributed by atoms with Gasteiger partial charge >= 0.3 is 0 Å². The highest BCUT2D eigenvalue weighted by molar-refractivity contribution is 5.66. The third-order valence-electron chi connectivity index (χ3n) is 5.14. The van der Waals surface area contributed by atoms with Crippen LogP contribution >= 0.6 is 0 Å². The van der Waals surface area contributed by atoms with E-state index in [2.05, 4.69) is 24.8 Å². The van der Waals surface area contributed by atoms with Crippen LogP contribution in [-0.4, -0.2) is 40.8 Å². The molecule has 0 amide bonds. The van der Waals surface area contributed by atoms with Crippen LogP contribution in [0.4, 0.5) is 0 Å². The van der Waals surface area contributed by atoms with E-state index >= 15 is 0 Å². The molecule has 0 radical (unpaired) electrons. The molecule has 1 atom stereocenters. The Bertz CT molecular complexity index is 382. The van der Waals surface area contributed by atoms with Crippen molar-refractivity contribution in [3.63, 3.8) is 0 Å². The Kier molecular flexibility index (Phi) is 22.7. The molecule has 0 aliphatic heterocycles. The average Bonchev–Trinajstić information content (AvgIpc) is 2.67. The number of carbonyl (C=O) groups excluding carboxylic acids is 1. The Hall–Kier alpha value is -0.950. The summed E-state index contributed by atoms with van der Waals surface area (Å²) in [5.41, 5.74) is 4.51. The number of carboxylic acids is 1. The number of nitrogens with zero attached hydrogens (tertiary/aromatic N) is 1. The highest BCUT2D eigenvalue weighted by Gasteiger charge is 2.24. The first kappa shape index (κ1) is 30.2. The van der Waals surface area contributed by atoms with Crippen LogP contribution in [0, 0.1) is 0 Å². The van der Waals surface area contributed by atoms with Crippen LogP contribution in [0.5, 0.6) is 0 Å². The average molecular weight is 417 g/mol. The van der Waals surface area contributed by atoms with Crippen molar-refractivity contribution in [2.24, 2.45) is 5.73 Å². The number of allylic oxidation sites excluding steroid dienone is 2. The Labute approximate surface area is 179 Å². The lowest BCUT2D eigenvalue weighted by atomic mass is 10.1. The molecule has 174 valence electrons. The van der Waals surface area contributed by atoms with E-state index in [-0.39, 0.29) is 12.6 Å². The van der Waals surface area contributed by atoms with Crippen molar-refractivity contribution in [2.45, 2.75) is 116 Å². The molecule has 29 heavy (non-hydrogen) atoms. The highest BCUT2D eigenvalue weighted by Crippen LogP contribution is 2.14. The largest absolute Gasteiger partial charge is 0.549 e. The summed E-state index contributed by atoms with van der Waals surface area (Å²) in [6.07, 6.45) is 24.0. The lowest BCUT2D eigenvalue weighted by Gasteiger charge is -2.23. The van der Waals surface area contributed by atoms with E-state index in [9.17, 15) is 10.4 Å². The smallest absolute Gasteiger partial charge is 0.149 e. The van der Waals surface area contributed by atoms with Gasteiger partial charge in [-0.1, -0.05) is 76.9 Å². The van der Waals surface area contributed by atoms with E-state index in [0.29, 0.717) is 0 Å². The van der Waals surface area contributed by atoms with Crippen molar-refractivity contribution in [3.05, 3.63) is 12.2 Å². The second kappa shape index (κ2) is 21.8. The summed E-state index contributed by atoms with van der Waals surface area (Å²) >= 11 is 0. The minimum atomic E-state index is -1.22. The first-order valence-corrected chi connectivity index (χ1v) is 11.6. The first-order chi connectivity index (χ1) is 13.8. The molecule has 0 aromatic heterocycles. The van der Waals surface area contributed by atoms with Gasteiger partial charge in [0.1, 0.15) is 13.1 Å². The van der Waals surface area contributed by atoms with Gasteiger partial charge < -0.3 is 15.6 Å². The number of hydroxylamine groups is 4. The summed E-state index contributed by atoms with van der Waals surface area (Å²) in [6, 6.07) is -0.0956. The van der Waals surface area contributed by atoms with E-state index in [0.717, 1.165) is 12.8 Å². The molecule has 6 heteroatoms. The van der Waals surface area contributed by atoms with Crippen LogP contribution in [0.1, 0.15) is 110 Å². The monoisotopic (exact) mass is 416 g/mol. The fourth-order valence-electron chi connectivity index (χ4n) is 2.93. The zero-order valence-corrected chi connectivity index (χ0v) is 19.3. The maximum absolute atomic E-state index is 9.40. The predicted octanol–water partition coefficient (Wildman–Crippen LogP) is 4.72. The highest BCUT2D eigenvalue weighted by atomic mass is 16.8. The van der Waals surface area contributed by atoms with Crippen LogP contribution in [-0.2, 0) is 4.79 Å². The molecular weight excluding hydrogens is 368 g/mol. The van der Waals surface area contributed by atoms with Gasteiger partial charge in [0.15, 0.2) is 0 Å². The van der Waals surface area contributed by atoms with Gasteiger partial charge in [-0.25, -0.2) is 0 Å². The van der Waals surface area contributed by atoms with Crippen LogP contribution in [0.3, 0.4) is 0 Å². The van der Waals surface area contributed by atoms with Gasteiger partial charge in [-0.15, -0.1) is 0 Å². The molecular formula is C23H48N2O4. The van der Waals surface area contributed by atoms with E-state index in [1.807, 2.05) is 6.92 Å². The Morgan fingerprint density at radius 1 is 0.897 bits per heavy atom. The molecule has 4 N–H and O–H groups in total. The lowest BCUT2D eigenvalue weighted by molar-refractivity contribution is -1.25. The molecule has 0 heterocycles. The standard InChI is InChI=1S/C21H44NO2.C2H5NO2/c1-4-5-6-7-8-9-10-11-12-13-14-15-16-17-18-19-20-21(2)22(3,23)24;3-1-2(4)5/h11-12,21,23-24H,4-10,13-20H2,1-3H3;1,3H2,(H,4,5)/q+1;/p-1/b12-11-;. The van der Waals surface area contributed by atoms with Gasteiger partial charge in [-0.05, 0) is 43.8 Å². The third-order valence-corrected chi connectivity index (χ3v) is 5.14. The van der Waals surface area contributed by atoms with Crippen molar-refractivity contribution in [2.75, 3.05) is 13.6 Å². The molecule has 0 spiro atoms. The fraction of sp³-hybridized carbons (Fsp3) is 0.870. The zero-order chi connectivity index (χ0) is 22.4. The number of rotatable bonds is 18. The molecule has 0 aromatic rings. The zero-order valence-electron chi connectivity index (χ0n) is 19.3. The number of hydrogen-bond donors (Lipinski definition) is 3. The van der Waals surface area contributed by atoms with Crippen molar-refractivity contribution in [1.29, 1.82) is 0 Å². The summed E-state index contributed by atoms with van der Waals surface area (Å²) in [7, 11) is 1.42. The van der Waals surface area contributed by atoms with E-state index < -0.39 is 10.8 Å². The van der Waals surface area contributed by atoms with E-state index in [1.54, 1.807) is 0 Å². The molecule has 0 aliphatic carbocycles. The van der Waals surface area contributed by atoms with Crippen molar-refractivity contribution >= 4 is 5.97 Å². The van der Waals surface area contributed by atoms with Gasteiger partial charge in [0.05, 0.1) is 5.97 Å². The minimum Gasteiger partial charge on any atom is -0.549 e. The molecule has 0 aliphatic rings. The number of nitrogens with two attached hydrogens (primary N) is 1. The SMILES string of the molecule is CCCCCCCC/C=C\CCCCCCCCC(C)[N+](C)(O)O.NCC(=O)[O-]. The molecule has 0 saturated heterocycles. The quantitative estimate of drug-likeness (QED) is 0.130. The third kappa shape index (κ3) is 27.1. The minimum absolute atomic E-state index is 0.0956. The number of carbonyl (C=O) groups is 1. The summed E-state index contributed by atoms with van der Waals surface area (Å²) in [5, 5.41) is 27.9. The first-order valence-electron chi connectivity index (χ1n) is 11.6. The van der Waals surface area contributed by atoms with E-state index in [4.69, 9.17) is 9.90 Å². The normalized spacial score (nSPS) is 12.6. The van der Waals surface area contributed by atoms with Crippen LogP contribution in [0.2, 0.25) is 0 Å². The number of carboxylic acid groups (broad SMARTS) is 1. The summed E-state index contributed by atoms with van der Waals surface area (Å²) in [4.78, 5) is 8.23.